The predicted octanol–water partition coefficient (Wildman–Crippen LogP) is 0.732. The van der Waals surface area contributed by atoms with Gasteiger partial charge in [-0.15, -0.1) is 0 Å². The lowest BCUT2D eigenvalue weighted by atomic mass is 10.1. The molecule has 0 unspecified atom stereocenters. The van der Waals surface area contributed by atoms with Crippen LogP contribution < -0.4 is 5.56 Å². The maximum atomic E-state index is 12.0. The summed E-state index contributed by atoms with van der Waals surface area (Å²) >= 11 is 0. The molecule has 1 N–H and O–H groups in total. The molecule has 0 amide bonds. The zero-order valence-corrected chi connectivity index (χ0v) is 13.1. The zero-order chi connectivity index (χ0) is 15.7. The fourth-order valence-electron chi connectivity index (χ4n) is 2.62. The third kappa shape index (κ3) is 3.10. The molecule has 6 nitrogen and oxygen atoms in total. The second kappa shape index (κ2) is 5.66. The molecular weight excluding hydrogens is 302 g/mol. The van der Waals surface area contributed by atoms with Crippen LogP contribution in [0.15, 0.2) is 40.3 Å². The van der Waals surface area contributed by atoms with Gasteiger partial charge in [0.25, 0.3) is 5.56 Å². The molecule has 7 heteroatoms. The van der Waals surface area contributed by atoms with Crippen LogP contribution in [0.4, 0.5) is 0 Å². The predicted molar refractivity (Wildman–Crippen MR) is 82.2 cm³/mol. The number of rotatable bonds is 3. The summed E-state index contributed by atoms with van der Waals surface area (Å²) in [5, 5.41) is -0.252. The van der Waals surface area contributed by atoms with Crippen molar-refractivity contribution < 1.29 is 8.42 Å². The lowest BCUT2D eigenvalue weighted by Gasteiger charge is -2.27. The molecule has 0 saturated carbocycles. The summed E-state index contributed by atoms with van der Waals surface area (Å²) in [7, 11) is -3.52. The van der Waals surface area contributed by atoms with Crippen LogP contribution in [0.3, 0.4) is 0 Å². The summed E-state index contributed by atoms with van der Waals surface area (Å²) in [5.41, 5.74) is 1.99. The minimum absolute atomic E-state index is 0.252. The molecule has 0 aliphatic carbocycles. The first-order valence-corrected chi connectivity index (χ1v) is 8.91. The summed E-state index contributed by atoms with van der Waals surface area (Å²) in [5.74, 6) is 0. The number of aromatic amines is 1. The summed E-state index contributed by atoms with van der Waals surface area (Å²) in [4.78, 5) is 20.7. The van der Waals surface area contributed by atoms with Crippen molar-refractivity contribution >= 4 is 9.84 Å². The van der Waals surface area contributed by atoms with E-state index < -0.39 is 9.84 Å². The number of sulfone groups is 1. The van der Waals surface area contributed by atoms with Crippen molar-refractivity contribution in [3.05, 3.63) is 57.5 Å². The topological polar surface area (TPSA) is 83.1 Å². The van der Waals surface area contributed by atoms with Gasteiger partial charge in [-0.2, -0.15) is 0 Å². The van der Waals surface area contributed by atoms with E-state index in [0.717, 1.165) is 19.3 Å². The molecule has 0 radical (unpaired) electrons. The van der Waals surface area contributed by atoms with Gasteiger partial charge in [-0.05, 0) is 12.0 Å². The average Bonchev–Trinajstić information content (AvgIpc) is 2.47. The van der Waals surface area contributed by atoms with E-state index in [0.29, 0.717) is 24.2 Å². The molecule has 0 fully saturated rings. The summed E-state index contributed by atoms with van der Waals surface area (Å²) in [6.45, 7) is 1.99. The Kier molecular flexibility index (Phi) is 3.84. The van der Waals surface area contributed by atoms with Crippen molar-refractivity contribution in [3.63, 3.8) is 0 Å². The quantitative estimate of drug-likeness (QED) is 0.843. The van der Waals surface area contributed by atoms with Gasteiger partial charge < -0.3 is 0 Å². The van der Waals surface area contributed by atoms with E-state index in [4.69, 9.17) is 0 Å². The monoisotopic (exact) mass is 319 g/mol. The summed E-state index contributed by atoms with van der Waals surface area (Å²) in [6.07, 6.45) is 1.62. The number of H-pyrrole nitrogens is 1. The Morgan fingerprint density at radius 3 is 2.68 bits per heavy atom. The number of benzene rings is 1. The largest absolute Gasteiger partial charge is 0.297 e. The van der Waals surface area contributed by atoms with Gasteiger partial charge in [0.05, 0.1) is 5.69 Å². The smallest absolute Gasteiger partial charge is 0.255 e. The van der Waals surface area contributed by atoms with Crippen molar-refractivity contribution in [2.75, 3.05) is 12.8 Å². The molecule has 1 aromatic carbocycles. The Balaban J connectivity index is 1.89. The van der Waals surface area contributed by atoms with Gasteiger partial charge in [0.1, 0.15) is 0 Å². The molecule has 22 heavy (non-hydrogen) atoms. The van der Waals surface area contributed by atoms with Gasteiger partial charge in [-0.3, -0.25) is 14.7 Å². The third-order valence-corrected chi connectivity index (χ3v) is 4.63. The van der Waals surface area contributed by atoms with Crippen molar-refractivity contribution in [2.24, 2.45) is 0 Å². The fraction of sp³-hybridized carbons (Fsp3) is 0.333. The molecule has 2 heterocycles. The minimum atomic E-state index is -3.52. The zero-order valence-electron chi connectivity index (χ0n) is 12.2. The molecule has 1 aliphatic rings. The first kappa shape index (κ1) is 14.9. The van der Waals surface area contributed by atoms with Crippen molar-refractivity contribution in [1.82, 2.24) is 14.9 Å². The van der Waals surface area contributed by atoms with E-state index in [2.05, 4.69) is 14.9 Å². The maximum Gasteiger partial charge on any atom is 0.255 e. The second-order valence-corrected chi connectivity index (χ2v) is 7.45. The molecule has 3 rings (SSSR count). The molecular formula is C15H17N3O3S. The highest BCUT2D eigenvalue weighted by atomic mass is 32.2. The number of nitrogens with zero attached hydrogens (tertiary/aromatic N) is 2. The van der Waals surface area contributed by atoms with Gasteiger partial charge in [0, 0.05) is 31.5 Å². The highest BCUT2D eigenvalue weighted by Crippen LogP contribution is 2.17. The third-order valence-electron chi connectivity index (χ3n) is 3.73. The van der Waals surface area contributed by atoms with Crippen LogP contribution in [0, 0.1) is 0 Å². The van der Waals surface area contributed by atoms with E-state index in [1.165, 1.54) is 5.56 Å². The van der Waals surface area contributed by atoms with Gasteiger partial charge in [-0.25, -0.2) is 13.4 Å². The number of fused-ring (bicyclic) bond motifs is 1. The normalized spacial score (nSPS) is 15.5. The SMILES string of the molecule is CS(=O)(=O)c1nc2c(c(=O)[nH]1)CCN(Cc1ccccc1)C2. The number of hydrogen-bond donors (Lipinski definition) is 1. The Labute approximate surface area is 128 Å². The lowest BCUT2D eigenvalue weighted by molar-refractivity contribution is 0.239. The van der Waals surface area contributed by atoms with Crippen LogP contribution in [0.25, 0.3) is 0 Å². The molecule has 1 aliphatic heterocycles. The van der Waals surface area contributed by atoms with Crippen LogP contribution in [0.1, 0.15) is 16.8 Å². The van der Waals surface area contributed by atoms with Gasteiger partial charge in [0.2, 0.25) is 15.0 Å². The fourth-order valence-corrected chi connectivity index (χ4v) is 3.18. The summed E-state index contributed by atoms with van der Waals surface area (Å²) in [6, 6.07) is 10.0. The Bertz CT molecular complexity index is 844. The number of aromatic nitrogens is 2. The Hall–Kier alpha value is -1.99. The number of nitrogens with one attached hydrogen (secondary N) is 1. The van der Waals surface area contributed by atoms with Crippen LogP contribution in [-0.4, -0.2) is 36.1 Å². The Morgan fingerprint density at radius 1 is 1.27 bits per heavy atom. The van der Waals surface area contributed by atoms with Crippen molar-refractivity contribution in [1.29, 1.82) is 0 Å². The van der Waals surface area contributed by atoms with Crippen LogP contribution in [-0.2, 0) is 29.3 Å². The lowest BCUT2D eigenvalue weighted by Crippen LogP contribution is -2.35. The Morgan fingerprint density at radius 2 is 2.00 bits per heavy atom. The van der Waals surface area contributed by atoms with Crippen molar-refractivity contribution in [2.45, 2.75) is 24.7 Å². The van der Waals surface area contributed by atoms with E-state index in [-0.39, 0.29) is 10.7 Å². The minimum Gasteiger partial charge on any atom is -0.297 e. The summed E-state index contributed by atoms with van der Waals surface area (Å²) < 4.78 is 23.2. The van der Waals surface area contributed by atoms with Crippen LogP contribution >= 0.6 is 0 Å². The standard InChI is InChI=1S/C15H17N3O3S/c1-22(20,21)15-16-13-10-18(8-7-12(13)14(19)17-15)9-11-5-3-2-4-6-11/h2-6H,7-10H2,1H3,(H,16,17,19). The van der Waals surface area contributed by atoms with E-state index in [1.54, 1.807) is 0 Å². The molecule has 2 aromatic rings. The van der Waals surface area contributed by atoms with E-state index >= 15 is 0 Å². The van der Waals surface area contributed by atoms with Crippen LogP contribution in [0.2, 0.25) is 0 Å². The van der Waals surface area contributed by atoms with E-state index in [9.17, 15) is 13.2 Å². The van der Waals surface area contributed by atoms with Gasteiger partial charge >= 0.3 is 0 Å². The highest BCUT2D eigenvalue weighted by Gasteiger charge is 2.23. The van der Waals surface area contributed by atoms with Crippen LogP contribution in [0.5, 0.6) is 0 Å². The first-order chi connectivity index (χ1) is 10.4. The molecule has 0 bridgehead atoms. The molecule has 0 atom stereocenters. The average molecular weight is 319 g/mol. The molecule has 116 valence electrons. The highest BCUT2D eigenvalue weighted by molar-refractivity contribution is 7.90. The second-order valence-electron chi connectivity index (χ2n) is 5.51. The molecule has 0 spiro atoms. The van der Waals surface area contributed by atoms with Crippen molar-refractivity contribution in [3.8, 4) is 0 Å². The van der Waals surface area contributed by atoms with Gasteiger partial charge in [0.15, 0.2) is 0 Å². The van der Waals surface area contributed by atoms with E-state index in [1.807, 2.05) is 30.3 Å². The molecule has 0 saturated heterocycles. The maximum absolute atomic E-state index is 12.0. The number of hydrogen-bond acceptors (Lipinski definition) is 5. The molecule has 1 aromatic heterocycles. The van der Waals surface area contributed by atoms with Gasteiger partial charge in [-0.1, -0.05) is 30.3 Å². The first-order valence-electron chi connectivity index (χ1n) is 7.02.